The summed E-state index contributed by atoms with van der Waals surface area (Å²) in [4.78, 5) is 18.9. The Hall–Kier alpha value is -1.85. The first-order chi connectivity index (χ1) is 7.58. The number of rotatable bonds is 4. The number of primary amides is 1. The van der Waals surface area contributed by atoms with Crippen molar-refractivity contribution in [1.29, 1.82) is 0 Å². The third kappa shape index (κ3) is 2.21. The minimum absolute atomic E-state index is 0.135. The van der Waals surface area contributed by atoms with Crippen molar-refractivity contribution in [3.8, 4) is 0 Å². The summed E-state index contributed by atoms with van der Waals surface area (Å²) in [5, 5.41) is 3.16. The average Bonchev–Trinajstić information content (AvgIpc) is 2.99. The van der Waals surface area contributed by atoms with Crippen molar-refractivity contribution < 1.29 is 4.79 Å². The number of hydrogen-bond acceptors (Lipinski definition) is 5. The maximum Gasteiger partial charge on any atom is 0.254 e. The first-order valence-electron chi connectivity index (χ1n) is 5.27. The molecule has 1 aromatic rings. The summed E-state index contributed by atoms with van der Waals surface area (Å²) in [6.07, 6.45) is 3.77. The lowest BCUT2D eigenvalue weighted by Crippen LogP contribution is -2.23. The summed E-state index contributed by atoms with van der Waals surface area (Å²) >= 11 is 0. The van der Waals surface area contributed by atoms with Gasteiger partial charge in [-0.25, -0.2) is 4.98 Å². The van der Waals surface area contributed by atoms with Gasteiger partial charge < -0.3 is 16.8 Å². The topological polar surface area (TPSA) is 107 Å². The average molecular weight is 221 g/mol. The lowest BCUT2D eigenvalue weighted by Gasteiger charge is -2.15. The van der Waals surface area contributed by atoms with E-state index in [0.29, 0.717) is 11.7 Å². The first-order valence-corrected chi connectivity index (χ1v) is 5.27. The molecule has 1 aliphatic rings. The maximum absolute atomic E-state index is 11.2. The molecule has 1 amide bonds. The van der Waals surface area contributed by atoms with E-state index in [2.05, 4.69) is 22.2 Å². The van der Waals surface area contributed by atoms with E-state index in [-0.39, 0.29) is 17.6 Å². The van der Waals surface area contributed by atoms with Gasteiger partial charge in [0.2, 0.25) is 5.95 Å². The number of carbonyl (C=O) groups is 1. The van der Waals surface area contributed by atoms with Crippen LogP contribution >= 0.6 is 0 Å². The summed E-state index contributed by atoms with van der Waals surface area (Å²) in [5.74, 6) is 0.664. The molecule has 0 bridgehead atoms. The van der Waals surface area contributed by atoms with Crippen molar-refractivity contribution in [3.63, 3.8) is 0 Å². The van der Waals surface area contributed by atoms with E-state index < -0.39 is 5.91 Å². The molecule has 2 rings (SSSR count). The highest BCUT2D eigenvalue weighted by Gasteiger charge is 2.28. The molecule has 1 aromatic heterocycles. The first kappa shape index (κ1) is 10.7. The predicted octanol–water partition coefficient (Wildman–Crippen LogP) is 0.368. The molecule has 1 heterocycles. The molecule has 0 spiro atoms. The van der Waals surface area contributed by atoms with Gasteiger partial charge in [-0.2, -0.15) is 4.98 Å². The molecule has 1 atom stereocenters. The highest BCUT2D eigenvalue weighted by molar-refractivity contribution is 5.97. The molecule has 1 fully saturated rings. The minimum Gasteiger partial charge on any atom is -0.368 e. The number of amides is 1. The normalized spacial score (nSPS) is 16.8. The monoisotopic (exact) mass is 221 g/mol. The second-order valence-electron chi connectivity index (χ2n) is 4.13. The van der Waals surface area contributed by atoms with Gasteiger partial charge in [-0.3, -0.25) is 4.79 Å². The Morgan fingerprint density at radius 2 is 2.31 bits per heavy atom. The molecule has 1 saturated carbocycles. The molecule has 5 N–H and O–H groups in total. The van der Waals surface area contributed by atoms with Gasteiger partial charge in [0.25, 0.3) is 5.91 Å². The Kier molecular flexibility index (Phi) is 2.64. The summed E-state index contributed by atoms with van der Waals surface area (Å²) in [7, 11) is 0. The van der Waals surface area contributed by atoms with Crippen molar-refractivity contribution in [3.05, 3.63) is 11.8 Å². The van der Waals surface area contributed by atoms with Gasteiger partial charge in [0, 0.05) is 12.2 Å². The molecule has 1 aliphatic carbocycles. The van der Waals surface area contributed by atoms with Gasteiger partial charge in [0.05, 0.1) is 5.56 Å². The molecule has 16 heavy (non-hydrogen) atoms. The molecule has 6 nitrogen and oxygen atoms in total. The standard InChI is InChI=1S/C10H15N5O/c1-5(6-2-3-6)14-9-7(8(11)16)4-13-10(12)15-9/h4-6H,2-3H2,1H3,(H2,11,16)(H3,12,13,14,15)/t5-/m1/s1. The van der Waals surface area contributed by atoms with E-state index >= 15 is 0 Å². The Morgan fingerprint density at radius 3 is 2.88 bits per heavy atom. The van der Waals surface area contributed by atoms with Crippen LogP contribution in [0.4, 0.5) is 11.8 Å². The van der Waals surface area contributed by atoms with Crippen LogP contribution in [0.3, 0.4) is 0 Å². The zero-order valence-electron chi connectivity index (χ0n) is 9.10. The maximum atomic E-state index is 11.2. The minimum atomic E-state index is -0.550. The largest absolute Gasteiger partial charge is 0.368 e. The van der Waals surface area contributed by atoms with Crippen LogP contribution in [0.2, 0.25) is 0 Å². The van der Waals surface area contributed by atoms with Gasteiger partial charge in [0.1, 0.15) is 5.82 Å². The third-order valence-corrected chi connectivity index (χ3v) is 2.77. The molecular weight excluding hydrogens is 206 g/mol. The van der Waals surface area contributed by atoms with E-state index in [1.807, 2.05) is 0 Å². The number of carbonyl (C=O) groups excluding carboxylic acids is 1. The second kappa shape index (κ2) is 3.96. The highest BCUT2D eigenvalue weighted by Crippen LogP contribution is 2.34. The molecule has 0 aromatic carbocycles. The Bertz CT molecular complexity index is 416. The molecule has 86 valence electrons. The number of anilines is 2. The Labute approximate surface area is 93.4 Å². The zero-order chi connectivity index (χ0) is 11.7. The van der Waals surface area contributed by atoms with Crippen LogP contribution in [0.15, 0.2) is 6.20 Å². The number of nitrogens with one attached hydrogen (secondary N) is 1. The van der Waals surface area contributed by atoms with Crippen LogP contribution in [-0.2, 0) is 0 Å². The quantitative estimate of drug-likeness (QED) is 0.680. The van der Waals surface area contributed by atoms with Gasteiger partial charge in [-0.1, -0.05) is 0 Å². The predicted molar refractivity (Wildman–Crippen MR) is 60.8 cm³/mol. The van der Waals surface area contributed by atoms with Gasteiger partial charge >= 0.3 is 0 Å². The van der Waals surface area contributed by atoms with Gasteiger partial charge in [-0.05, 0) is 25.7 Å². The molecular formula is C10H15N5O. The van der Waals surface area contributed by atoms with Crippen molar-refractivity contribution in [2.45, 2.75) is 25.8 Å². The molecule has 0 radical (unpaired) electrons. The van der Waals surface area contributed by atoms with Crippen LogP contribution in [0, 0.1) is 5.92 Å². The fourth-order valence-corrected chi connectivity index (χ4v) is 1.62. The molecule has 6 heteroatoms. The number of nitrogens with zero attached hydrogens (tertiary/aromatic N) is 2. The van der Waals surface area contributed by atoms with Crippen molar-refractivity contribution in [1.82, 2.24) is 9.97 Å². The SMILES string of the molecule is C[C@@H](Nc1nc(N)ncc1C(N)=O)C1CC1. The van der Waals surface area contributed by atoms with Crippen molar-refractivity contribution in [2.24, 2.45) is 11.7 Å². The Balaban J connectivity index is 2.22. The number of nitrogen functional groups attached to an aromatic ring is 1. The summed E-state index contributed by atoms with van der Waals surface area (Å²) in [6.45, 7) is 2.06. The number of hydrogen-bond donors (Lipinski definition) is 3. The molecule has 0 saturated heterocycles. The number of aromatic nitrogens is 2. The van der Waals surface area contributed by atoms with Gasteiger partial charge in [0.15, 0.2) is 0 Å². The summed E-state index contributed by atoms with van der Waals surface area (Å²) in [5.41, 5.74) is 11.0. The Morgan fingerprint density at radius 1 is 1.62 bits per heavy atom. The van der Waals surface area contributed by atoms with E-state index in [0.717, 1.165) is 0 Å². The lowest BCUT2D eigenvalue weighted by molar-refractivity contribution is 0.100. The third-order valence-electron chi connectivity index (χ3n) is 2.77. The van der Waals surface area contributed by atoms with Crippen LogP contribution in [-0.4, -0.2) is 21.9 Å². The van der Waals surface area contributed by atoms with Crippen LogP contribution in [0.25, 0.3) is 0 Å². The van der Waals surface area contributed by atoms with Crippen molar-refractivity contribution in [2.75, 3.05) is 11.1 Å². The van der Waals surface area contributed by atoms with E-state index in [9.17, 15) is 4.79 Å². The smallest absolute Gasteiger partial charge is 0.254 e. The zero-order valence-corrected chi connectivity index (χ0v) is 9.10. The van der Waals surface area contributed by atoms with Gasteiger partial charge in [-0.15, -0.1) is 0 Å². The second-order valence-corrected chi connectivity index (χ2v) is 4.13. The van der Waals surface area contributed by atoms with Crippen LogP contribution < -0.4 is 16.8 Å². The highest BCUT2D eigenvalue weighted by atomic mass is 16.1. The van der Waals surface area contributed by atoms with E-state index in [1.54, 1.807) is 0 Å². The van der Waals surface area contributed by atoms with Crippen LogP contribution in [0.1, 0.15) is 30.1 Å². The molecule has 0 unspecified atom stereocenters. The fourth-order valence-electron chi connectivity index (χ4n) is 1.62. The number of nitrogens with two attached hydrogens (primary N) is 2. The lowest BCUT2D eigenvalue weighted by atomic mass is 10.2. The van der Waals surface area contributed by atoms with E-state index in [4.69, 9.17) is 11.5 Å². The summed E-state index contributed by atoms with van der Waals surface area (Å²) in [6, 6.07) is 0.271. The van der Waals surface area contributed by atoms with E-state index in [1.165, 1.54) is 19.0 Å². The van der Waals surface area contributed by atoms with Crippen LogP contribution in [0.5, 0.6) is 0 Å². The van der Waals surface area contributed by atoms with Crippen molar-refractivity contribution >= 4 is 17.7 Å². The molecule has 0 aliphatic heterocycles. The summed E-state index contributed by atoms with van der Waals surface area (Å²) < 4.78 is 0. The fraction of sp³-hybridized carbons (Fsp3) is 0.500.